The van der Waals surface area contributed by atoms with E-state index in [1.54, 1.807) is 0 Å². The van der Waals surface area contributed by atoms with E-state index in [0.29, 0.717) is 0 Å². The number of rotatable bonds is 9. The predicted molar refractivity (Wildman–Crippen MR) is 78.9 cm³/mol. The fourth-order valence-corrected chi connectivity index (χ4v) is 1.87. The minimum atomic E-state index is -0.613. The average Bonchev–Trinajstić information content (AvgIpc) is 2.42. The number of nitrogens with two attached hydrogens (primary N) is 1. The van der Waals surface area contributed by atoms with Crippen LogP contribution in [0.2, 0.25) is 0 Å². The Morgan fingerprint density at radius 3 is 2.15 bits per heavy atom. The van der Waals surface area contributed by atoms with Crippen LogP contribution in [0.3, 0.4) is 0 Å². The molecule has 0 rings (SSSR count). The maximum absolute atomic E-state index is 11.6. The normalized spacial score (nSPS) is 14.2. The second kappa shape index (κ2) is 9.72. The fraction of sp³-hybridized carbons (Fsp3) is 0.857. The molecule has 0 heterocycles. The Balaban J connectivity index is 3.98. The van der Waals surface area contributed by atoms with Gasteiger partial charge in [-0.25, -0.2) is 0 Å². The molecule has 0 aliphatic carbocycles. The number of amides is 2. The maximum atomic E-state index is 11.6. The first-order valence-corrected chi connectivity index (χ1v) is 7.31. The Bertz CT molecular complexity index is 304. The summed E-state index contributed by atoms with van der Waals surface area (Å²) in [5.74, 6) is -0.455. The summed E-state index contributed by atoms with van der Waals surface area (Å²) in [5.41, 5.74) is 5.66. The zero-order chi connectivity index (χ0) is 15.7. The van der Waals surface area contributed by atoms with Crippen LogP contribution in [0.4, 0.5) is 0 Å². The van der Waals surface area contributed by atoms with E-state index in [0.717, 1.165) is 12.8 Å². The van der Waals surface area contributed by atoms with Crippen LogP contribution in [-0.2, 0) is 9.59 Å². The molecule has 0 saturated carbocycles. The van der Waals surface area contributed by atoms with E-state index in [1.807, 2.05) is 27.7 Å². The van der Waals surface area contributed by atoms with Gasteiger partial charge in [0, 0.05) is 6.54 Å². The Labute approximate surface area is 121 Å². The highest BCUT2D eigenvalue weighted by molar-refractivity contribution is 5.87. The molecule has 0 aliphatic rings. The molecular formula is C14H29N3O3. The lowest BCUT2D eigenvalue weighted by atomic mass is 9.96. The summed E-state index contributed by atoms with van der Waals surface area (Å²) >= 11 is 0. The average molecular weight is 287 g/mol. The zero-order valence-electron chi connectivity index (χ0n) is 13.0. The van der Waals surface area contributed by atoms with Crippen LogP contribution < -0.4 is 16.4 Å². The Kier molecular flexibility index (Phi) is 9.16. The van der Waals surface area contributed by atoms with Gasteiger partial charge in [0.25, 0.3) is 0 Å². The number of hydrogen-bond donors (Lipinski definition) is 4. The molecule has 20 heavy (non-hydrogen) atoms. The second-order valence-corrected chi connectivity index (χ2v) is 5.44. The summed E-state index contributed by atoms with van der Waals surface area (Å²) in [6.45, 7) is 7.79. The monoisotopic (exact) mass is 287 g/mol. The third kappa shape index (κ3) is 6.86. The van der Waals surface area contributed by atoms with Crippen molar-refractivity contribution in [2.45, 2.75) is 52.7 Å². The van der Waals surface area contributed by atoms with Crippen LogP contribution in [0, 0.1) is 11.8 Å². The van der Waals surface area contributed by atoms with Crippen molar-refractivity contribution in [3.63, 3.8) is 0 Å². The van der Waals surface area contributed by atoms with Crippen molar-refractivity contribution >= 4 is 11.8 Å². The van der Waals surface area contributed by atoms with E-state index in [4.69, 9.17) is 5.73 Å². The van der Waals surface area contributed by atoms with Crippen molar-refractivity contribution in [3.05, 3.63) is 0 Å². The van der Waals surface area contributed by atoms with E-state index >= 15 is 0 Å². The molecule has 118 valence electrons. The van der Waals surface area contributed by atoms with Gasteiger partial charge < -0.3 is 21.5 Å². The summed E-state index contributed by atoms with van der Waals surface area (Å²) in [6.07, 6.45) is 1.18. The highest BCUT2D eigenvalue weighted by atomic mass is 16.3. The van der Waals surface area contributed by atoms with Crippen molar-refractivity contribution in [1.29, 1.82) is 0 Å². The third-order valence-corrected chi connectivity index (χ3v) is 3.55. The van der Waals surface area contributed by atoms with Crippen molar-refractivity contribution in [1.82, 2.24) is 10.6 Å². The van der Waals surface area contributed by atoms with Crippen LogP contribution in [-0.4, -0.2) is 42.2 Å². The van der Waals surface area contributed by atoms with Gasteiger partial charge in [0.15, 0.2) is 0 Å². The van der Waals surface area contributed by atoms with Crippen LogP contribution in [0.15, 0.2) is 0 Å². The van der Waals surface area contributed by atoms with Crippen molar-refractivity contribution in [3.8, 4) is 0 Å². The molecule has 6 heteroatoms. The third-order valence-electron chi connectivity index (χ3n) is 3.55. The number of carbonyl (C=O) groups is 2. The van der Waals surface area contributed by atoms with E-state index in [2.05, 4.69) is 10.6 Å². The first-order valence-electron chi connectivity index (χ1n) is 7.31. The van der Waals surface area contributed by atoms with Gasteiger partial charge in [-0.3, -0.25) is 9.59 Å². The number of aliphatic hydroxyl groups excluding tert-OH is 1. The summed E-state index contributed by atoms with van der Waals surface area (Å²) < 4.78 is 0. The van der Waals surface area contributed by atoms with Crippen molar-refractivity contribution < 1.29 is 14.7 Å². The molecule has 0 aliphatic heterocycles. The molecule has 0 bridgehead atoms. The molecule has 0 aromatic rings. The molecule has 0 fully saturated rings. The van der Waals surface area contributed by atoms with E-state index in [9.17, 15) is 14.7 Å². The quantitative estimate of drug-likeness (QED) is 0.479. The number of carbonyl (C=O) groups excluding carboxylic acids is 2. The molecule has 2 amide bonds. The van der Waals surface area contributed by atoms with E-state index in [1.165, 1.54) is 0 Å². The van der Waals surface area contributed by atoms with Crippen LogP contribution in [0.5, 0.6) is 0 Å². The summed E-state index contributed by atoms with van der Waals surface area (Å²) in [6, 6.07) is -0.613. The number of hydrogen-bond acceptors (Lipinski definition) is 4. The predicted octanol–water partition coefficient (Wildman–Crippen LogP) is -0.000800. The molecule has 0 aromatic heterocycles. The Hall–Kier alpha value is -1.14. The first kappa shape index (κ1) is 18.9. The van der Waals surface area contributed by atoms with Crippen LogP contribution in [0.1, 0.15) is 40.5 Å². The number of aliphatic hydroxyl groups is 1. The first-order chi connectivity index (χ1) is 9.33. The summed E-state index contributed by atoms with van der Waals surface area (Å²) in [5, 5.41) is 15.0. The van der Waals surface area contributed by atoms with Crippen LogP contribution >= 0.6 is 0 Å². The largest absolute Gasteiger partial charge is 0.391 e. The Morgan fingerprint density at radius 1 is 1.15 bits per heavy atom. The van der Waals surface area contributed by atoms with E-state index < -0.39 is 12.1 Å². The maximum Gasteiger partial charge on any atom is 0.239 e. The van der Waals surface area contributed by atoms with Crippen molar-refractivity contribution in [2.75, 3.05) is 13.1 Å². The lowest BCUT2D eigenvalue weighted by Crippen LogP contribution is -2.48. The molecule has 2 atom stereocenters. The van der Waals surface area contributed by atoms with Crippen molar-refractivity contribution in [2.24, 2.45) is 17.6 Å². The van der Waals surface area contributed by atoms with Gasteiger partial charge in [-0.1, -0.05) is 40.5 Å². The molecule has 0 aromatic carbocycles. The smallest absolute Gasteiger partial charge is 0.239 e. The Morgan fingerprint density at radius 2 is 1.70 bits per heavy atom. The molecular weight excluding hydrogens is 258 g/mol. The fourth-order valence-electron chi connectivity index (χ4n) is 1.87. The topological polar surface area (TPSA) is 104 Å². The van der Waals surface area contributed by atoms with Gasteiger partial charge >= 0.3 is 0 Å². The van der Waals surface area contributed by atoms with Gasteiger partial charge in [0.1, 0.15) is 0 Å². The molecule has 0 saturated heterocycles. The minimum Gasteiger partial charge on any atom is -0.391 e. The van der Waals surface area contributed by atoms with Crippen LogP contribution in [0.25, 0.3) is 0 Å². The number of nitrogens with one attached hydrogen (secondary N) is 2. The highest BCUT2D eigenvalue weighted by Gasteiger charge is 2.19. The van der Waals surface area contributed by atoms with E-state index in [-0.39, 0.29) is 36.7 Å². The van der Waals surface area contributed by atoms with Gasteiger partial charge in [-0.15, -0.1) is 0 Å². The summed E-state index contributed by atoms with van der Waals surface area (Å²) in [7, 11) is 0. The van der Waals surface area contributed by atoms with Gasteiger partial charge in [-0.05, 0) is 11.8 Å². The second-order valence-electron chi connectivity index (χ2n) is 5.44. The van der Waals surface area contributed by atoms with Gasteiger partial charge in [-0.2, -0.15) is 0 Å². The lowest BCUT2D eigenvalue weighted by molar-refractivity contribution is -0.127. The molecule has 5 N–H and O–H groups in total. The zero-order valence-corrected chi connectivity index (χ0v) is 13.0. The van der Waals surface area contributed by atoms with Gasteiger partial charge in [0.2, 0.25) is 11.8 Å². The lowest BCUT2D eigenvalue weighted by Gasteiger charge is -2.20. The SMILES string of the molecule is CCC(CC)C(O)CNC(=O)CNC(=O)[C@@H](N)C(C)C. The molecule has 1 unspecified atom stereocenters. The standard InChI is InChI=1S/C14H29N3O3/c1-5-10(6-2)11(18)7-16-12(19)8-17-14(20)13(15)9(3)4/h9-11,13,18H,5-8,15H2,1-4H3,(H,16,19)(H,17,20)/t11?,13-/m0/s1. The highest BCUT2D eigenvalue weighted by Crippen LogP contribution is 2.11. The molecule has 0 spiro atoms. The minimum absolute atomic E-state index is 0.0229. The summed E-state index contributed by atoms with van der Waals surface area (Å²) in [4.78, 5) is 23.1. The van der Waals surface area contributed by atoms with Gasteiger partial charge in [0.05, 0.1) is 18.7 Å². The molecule has 6 nitrogen and oxygen atoms in total. The molecule has 0 radical (unpaired) electrons.